The van der Waals surface area contributed by atoms with Gasteiger partial charge in [-0.05, 0) is 61.2 Å². The molecule has 1 aromatic heterocycles. The summed E-state index contributed by atoms with van der Waals surface area (Å²) in [6, 6.07) is 11.1. The molecule has 6 heteroatoms. The number of aromatic nitrogens is 1. The summed E-state index contributed by atoms with van der Waals surface area (Å²) in [7, 11) is 0. The number of rotatable bonds is 6. The smallest absolute Gasteiger partial charge is 0.196 e. The Labute approximate surface area is 173 Å². The Morgan fingerprint density at radius 1 is 1.21 bits per heavy atom. The summed E-state index contributed by atoms with van der Waals surface area (Å²) in [4.78, 5) is 22.3. The number of ketones is 1. The fraction of sp³-hybridized carbons (Fsp3) is 0.227. The quantitative estimate of drug-likeness (QED) is 0.420. The van der Waals surface area contributed by atoms with E-state index in [4.69, 9.17) is 11.6 Å². The SMILES string of the molecule is CCc1nc(-c2ccc(Cl)cc2)sc1C(=O)CN=Cc1cc(C)c(O)c(C)c1. The number of benzene rings is 2. The van der Waals surface area contributed by atoms with E-state index in [1.807, 2.05) is 57.2 Å². The zero-order valence-electron chi connectivity index (χ0n) is 16.0. The van der Waals surface area contributed by atoms with Crippen LogP contribution in [-0.2, 0) is 6.42 Å². The van der Waals surface area contributed by atoms with Crippen LogP contribution < -0.4 is 0 Å². The number of carbonyl (C=O) groups excluding carboxylic acids is 1. The minimum atomic E-state index is -0.0435. The summed E-state index contributed by atoms with van der Waals surface area (Å²) in [6.07, 6.45) is 2.36. The fourth-order valence-electron chi connectivity index (χ4n) is 2.89. The molecule has 0 saturated heterocycles. The Balaban J connectivity index is 1.78. The van der Waals surface area contributed by atoms with Crippen LogP contribution in [0.3, 0.4) is 0 Å². The molecule has 0 radical (unpaired) electrons. The molecule has 1 N–H and O–H groups in total. The van der Waals surface area contributed by atoms with E-state index >= 15 is 0 Å². The molecular weight excluding hydrogens is 392 g/mol. The van der Waals surface area contributed by atoms with Crippen LogP contribution >= 0.6 is 22.9 Å². The van der Waals surface area contributed by atoms with E-state index in [0.29, 0.717) is 22.1 Å². The number of hydrogen-bond acceptors (Lipinski definition) is 5. The number of phenolic OH excluding ortho intramolecular Hbond substituents is 1. The highest BCUT2D eigenvalue weighted by Gasteiger charge is 2.17. The van der Waals surface area contributed by atoms with E-state index < -0.39 is 0 Å². The van der Waals surface area contributed by atoms with Gasteiger partial charge >= 0.3 is 0 Å². The van der Waals surface area contributed by atoms with Gasteiger partial charge in [-0.3, -0.25) is 9.79 Å². The Kier molecular flexibility index (Phi) is 6.27. The highest BCUT2D eigenvalue weighted by molar-refractivity contribution is 7.17. The molecule has 28 heavy (non-hydrogen) atoms. The molecule has 0 fully saturated rings. The standard InChI is InChI=1S/C22H21ClN2O2S/c1-4-18-21(28-22(25-18)16-5-7-17(23)8-6-16)19(26)12-24-11-15-9-13(2)20(27)14(3)10-15/h5-11,27H,4,12H2,1-3H3. The molecule has 2 aromatic carbocycles. The van der Waals surface area contributed by atoms with Gasteiger partial charge in [-0.15, -0.1) is 11.3 Å². The summed E-state index contributed by atoms with van der Waals surface area (Å²) in [5, 5.41) is 11.3. The second kappa shape index (κ2) is 8.67. The molecule has 144 valence electrons. The second-order valence-electron chi connectivity index (χ2n) is 6.55. The summed E-state index contributed by atoms with van der Waals surface area (Å²) in [5.41, 5.74) is 4.18. The summed E-state index contributed by atoms with van der Waals surface area (Å²) >= 11 is 7.34. The fourth-order valence-corrected chi connectivity index (χ4v) is 4.11. The molecule has 0 bridgehead atoms. The average Bonchev–Trinajstić information content (AvgIpc) is 3.11. The maximum Gasteiger partial charge on any atom is 0.196 e. The first kappa shape index (κ1) is 20.2. The number of Topliss-reactive ketones (excluding diaryl/α,β-unsaturated/α-hetero) is 1. The summed E-state index contributed by atoms with van der Waals surface area (Å²) in [6.45, 7) is 5.74. The molecule has 0 saturated carbocycles. The van der Waals surface area contributed by atoms with Gasteiger partial charge in [-0.1, -0.05) is 30.7 Å². The number of aryl methyl sites for hydroxylation is 3. The predicted octanol–water partition coefficient (Wildman–Crippen LogP) is 5.65. The lowest BCUT2D eigenvalue weighted by Gasteiger charge is -2.04. The lowest BCUT2D eigenvalue weighted by atomic mass is 10.1. The largest absolute Gasteiger partial charge is 0.507 e. The molecule has 3 aromatic rings. The normalized spacial score (nSPS) is 11.3. The van der Waals surface area contributed by atoms with Crippen LogP contribution in [0.1, 0.15) is 39.0 Å². The van der Waals surface area contributed by atoms with Crippen LogP contribution in [0.15, 0.2) is 41.4 Å². The van der Waals surface area contributed by atoms with Crippen molar-refractivity contribution in [2.24, 2.45) is 4.99 Å². The second-order valence-corrected chi connectivity index (χ2v) is 7.99. The van der Waals surface area contributed by atoms with E-state index in [0.717, 1.165) is 33.0 Å². The van der Waals surface area contributed by atoms with E-state index in [1.54, 1.807) is 6.21 Å². The molecule has 0 aliphatic rings. The zero-order chi connectivity index (χ0) is 20.3. The average molecular weight is 413 g/mol. The van der Waals surface area contributed by atoms with Gasteiger partial charge in [-0.25, -0.2) is 4.98 Å². The number of phenols is 1. The van der Waals surface area contributed by atoms with Gasteiger partial charge in [0.05, 0.1) is 10.6 Å². The number of carbonyl (C=O) groups is 1. The first-order chi connectivity index (χ1) is 13.4. The van der Waals surface area contributed by atoms with Crippen LogP contribution in [0.25, 0.3) is 10.6 Å². The maximum absolute atomic E-state index is 12.7. The van der Waals surface area contributed by atoms with Crippen LogP contribution in [0.4, 0.5) is 0 Å². The first-order valence-corrected chi connectivity index (χ1v) is 10.2. The number of halogens is 1. The summed E-state index contributed by atoms with van der Waals surface area (Å²) < 4.78 is 0. The van der Waals surface area contributed by atoms with Crippen molar-refractivity contribution in [2.75, 3.05) is 6.54 Å². The van der Waals surface area contributed by atoms with Crippen molar-refractivity contribution in [3.8, 4) is 16.3 Å². The van der Waals surface area contributed by atoms with Crippen molar-refractivity contribution in [1.29, 1.82) is 0 Å². The number of thiazole rings is 1. The lowest BCUT2D eigenvalue weighted by Crippen LogP contribution is -2.04. The molecule has 4 nitrogen and oxygen atoms in total. The van der Waals surface area contributed by atoms with Gasteiger partial charge in [0.25, 0.3) is 0 Å². The highest BCUT2D eigenvalue weighted by atomic mass is 35.5. The van der Waals surface area contributed by atoms with Gasteiger partial charge in [0, 0.05) is 16.8 Å². The molecule has 0 spiro atoms. The minimum absolute atomic E-state index is 0.0435. The van der Waals surface area contributed by atoms with Gasteiger partial charge in [0.1, 0.15) is 17.3 Å². The van der Waals surface area contributed by atoms with Crippen molar-refractivity contribution >= 4 is 34.9 Å². The van der Waals surface area contributed by atoms with Crippen molar-refractivity contribution < 1.29 is 9.90 Å². The van der Waals surface area contributed by atoms with Gasteiger partial charge in [0.2, 0.25) is 0 Å². The van der Waals surface area contributed by atoms with E-state index in [9.17, 15) is 9.90 Å². The van der Waals surface area contributed by atoms with Crippen molar-refractivity contribution in [3.63, 3.8) is 0 Å². The molecule has 1 heterocycles. The third-order valence-electron chi connectivity index (χ3n) is 4.37. The minimum Gasteiger partial charge on any atom is -0.507 e. The third-order valence-corrected chi connectivity index (χ3v) is 5.81. The van der Waals surface area contributed by atoms with Crippen molar-refractivity contribution in [1.82, 2.24) is 4.98 Å². The molecule has 0 atom stereocenters. The number of aromatic hydroxyl groups is 1. The Bertz CT molecular complexity index is 1020. The molecule has 0 aliphatic carbocycles. The topological polar surface area (TPSA) is 62.5 Å². The third kappa shape index (κ3) is 4.49. The predicted molar refractivity (Wildman–Crippen MR) is 116 cm³/mol. The van der Waals surface area contributed by atoms with E-state index in [1.165, 1.54) is 11.3 Å². The number of nitrogens with zero attached hydrogens (tertiary/aromatic N) is 2. The number of hydrogen-bond donors (Lipinski definition) is 1. The molecule has 0 aliphatic heterocycles. The van der Waals surface area contributed by atoms with E-state index in [2.05, 4.69) is 9.98 Å². The molecular formula is C22H21ClN2O2S. The first-order valence-electron chi connectivity index (χ1n) is 8.98. The highest BCUT2D eigenvalue weighted by Crippen LogP contribution is 2.30. The Morgan fingerprint density at radius 2 is 1.86 bits per heavy atom. The summed E-state index contributed by atoms with van der Waals surface area (Å²) in [5.74, 6) is 0.248. The van der Waals surface area contributed by atoms with Gasteiger partial charge < -0.3 is 5.11 Å². The van der Waals surface area contributed by atoms with Crippen LogP contribution in [0.2, 0.25) is 5.02 Å². The molecule has 0 amide bonds. The van der Waals surface area contributed by atoms with Crippen LogP contribution in [0.5, 0.6) is 5.75 Å². The molecule has 3 rings (SSSR count). The van der Waals surface area contributed by atoms with Gasteiger partial charge in [0.15, 0.2) is 5.78 Å². The van der Waals surface area contributed by atoms with Crippen LogP contribution in [0, 0.1) is 13.8 Å². The van der Waals surface area contributed by atoms with Crippen molar-refractivity contribution in [2.45, 2.75) is 27.2 Å². The molecule has 0 unspecified atom stereocenters. The Hall–Kier alpha value is -2.50. The maximum atomic E-state index is 12.7. The van der Waals surface area contributed by atoms with Gasteiger partial charge in [-0.2, -0.15) is 0 Å². The lowest BCUT2D eigenvalue weighted by molar-refractivity contribution is 0.100. The monoisotopic (exact) mass is 412 g/mol. The van der Waals surface area contributed by atoms with E-state index in [-0.39, 0.29) is 12.3 Å². The number of aliphatic imine (C=N–C) groups is 1. The van der Waals surface area contributed by atoms with Crippen molar-refractivity contribution in [3.05, 3.63) is 68.7 Å². The zero-order valence-corrected chi connectivity index (χ0v) is 17.6. The van der Waals surface area contributed by atoms with Crippen LogP contribution in [-0.4, -0.2) is 28.6 Å². The Morgan fingerprint density at radius 3 is 2.46 bits per heavy atom.